The highest BCUT2D eigenvalue weighted by Gasteiger charge is 2.21. The molecule has 0 atom stereocenters. The lowest BCUT2D eigenvalue weighted by Gasteiger charge is -2.18. The van der Waals surface area contributed by atoms with Gasteiger partial charge < -0.3 is 19.4 Å². The van der Waals surface area contributed by atoms with Crippen LogP contribution in [-0.4, -0.2) is 29.8 Å². The highest BCUT2D eigenvalue weighted by Crippen LogP contribution is 2.28. The number of fused-ring (bicyclic) bond motifs is 1. The minimum absolute atomic E-state index is 0.0319. The van der Waals surface area contributed by atoms with Crippen molar-refractivity contribution in [3.63, 3.8) is 0 Å². The van der Waals surface area contributed by atoms with Gasteiger partial charge in [-0.1, -0.05) is 36.4 Å². The second kappa shape index (κ2) is 10.0. The van der Waals surface area contributed by atoms with E-state index in [-0.39, 0.29) is 24.2 Å². The maximum absolute atomic E-state index is 13.1. The van der Waals surface area contributed by atoms with Crippen molar-refractivity contribution in [3.05, 3.63) is 95.7 Å². The Balaban J connectivity index is 1.55. The molecule has 2 amide bonds. The van der Waals surface area contributed by atoms with Gasteiger partial charge in [0.2, 0.25) is 0 Å². The molecule has 3 aromatic carbocycles. The quantitative estimate of drug-likeness (QED) is 0.377. The first-order valence-corrected chi connectivity index (χ1v) is 11.0. The van der Waals surface area contributed by atoms with Crippen LogP contribution in [0.1, 0.15) is 40.3 Å². The predicted molar refractivity (Wildman–Crippen MR) is 129 cm³/mol. The minimum Gasteiger partial charge on any atom is -0.489 e. The monoisotopic (exact) mass is 442 g/mol. The van der Waals surface area contributed by atoms with E-state index in [9.17, 15) is 9.59 Å². The average Bonchev–Trinajstić information content (AvgIpc) is 3.23. The van der Waals surface area contributed by atoms with Crippen LogP contribution in [0.4, 0.5) is 5.69 Å². The van der Waals surface area contributed by atoms with Crippen molar-refractivity contribution in [2.24, 2.45) is 0 Å². The maximum Gasteiger partial charge on any atom is 0.291 e. The molecule has 0 saturated carbocycles. The summed E-state index contributed by atoms with van der Waals surface area (Å²) in [7, 11) is 0. The molecule has 168 valence electrons. The van der Waals surface area contributed by atoms with Crippen LogP contribution < -0.4 is 10.1 Å². The molecule has 0 spiro atoms. The number of rotatable bonds is 8. The van der Waals surface area contributed by atoms with Gasteiger partial charge >= 0.3 is 0 Å². The molecule has 33 heavy (non-hydrogen) atoms. The van der Waals surface area contributed by atoms with E-state index in [0.717, 1.165) is 5.39 Å². The van der Waals surface area contributed by atoms with Crippen molar-refractivity contribution in [2.45, 2.75) is 20.5 Å². The molecule has 1 aromatic heterocycles. The first kappa shape index (κ1) is 22.1. The molecule has 0 aliphatic rings. The number of benzene rings is 3. The first-order valence-electron chi connectivity index (χ1n) is 11.0. The van der Waals surface area contributed by atoms with Gasteiger partial charge in [-0.15, -0.1) is 0 Å². The Morgan fingerprint density at radius 3 is 2.24 bits per heavy atom. The molecule has 1 heterocycles. The van der Waals surface area contributed by atoms with E-state index in [1.54, 1.807) is 29.2 Å². The molecule has 0 saturated heterocycles. The number of amides is 2. The number of carbonyl (C=O) groups excluding carboxylic acids is 2. The third kappa shape index (κ3) is 4.90. The molecule has 0 aliphatic heterocycles. The van der Waals surface area contributed by atoms with Crippen molar-refractivity contribution < 1.29 is 18.7 Å². The van der Waals surface area contributed by atoms with E-state index < -0.39 is 0 Å². The van der Waals surface area contributed by atoms with Gasteiger partial charge in [-0.3, -0.25) is 9.59 Å². The largest absolute Gasteiger partial charge is 0.489 e. The van der Waals surface area contributed by atoms with Crippen molar-refractivity contribution in [2.75, 3.05) is 18.4 Å². The lowest BCUT2D eigenvalue weighted by molar-refractivity contribution is 0.0773. The van der Waals surface area contributed by atoms with Crippen LogP contribution in [0.25, 0.3) is 11.0 Å². The fourth-order valence-electron chi connectivity index (χ4n) is 3.68. The van der Waals surface area contributed by atoms with E-state index in [1.807, 2.05) is 68.4 Å². The van der Waals surface area contributed by atoms with Gasteiger partial charge in [-0.05, 0) is 56.3 Å². The van der Waals surface area contributed by atoms with Crippen LogP contribution >= 0.6 is 0 Å². The molecule has 6 heteroatoms. The molecule has 1 N–H and O–H groups in total. The number of hydrogen-bond donors (Lipinski definition) is 1. The highest BCUT2D eigenvalue weighted by atomic mass is 16.5. The summed E-state index contributed by atoms with van der Waals surface area (Å²) in [6.45, 7) is 5.38. The van der Waals surface area contributed by atoms with Crippen LogP contribution in [0, 0.1) is 0 Å². The third-order valence-corrected chi connectivity index (χ3v) is 5.47. The Hall–Kier alpha value is -4.06. The zero-order valence-corrected chi connectivity index (χ0v) is 18.7. The zero-order chi connectivity index (χ0) is 23.2. The summed E-state index contributed by atoms with van der Waals surface area (Å²) in [4.78, 5) is 27.4. The summed E-state index contributed by atoms with van der Waals surface area (Å²) in [5.74, 6) is 0.509. The van der Waals surface area contributed by atoms with Gasteiger partial charge in [0.05, 0.1) is 0 Å². The van der Waals surface area contributed by atoms with E-state index >= 15 is 0 Å². The van der Waals surface area contributed by atoms with E-state index in [0.29, 0.717) is 41.2 Å². The normalized spacial score (nSPS) is 10.7. The SMILES string of the molecule is CCN(CC)C(=O)c1ccc(NC(=O)c2oc3ccccc3c2COc2ccccc2)cc1. The van der Waals surface area contributed by atoms with Gasteiger partial charge in [-0.2, -0.15) is 0 Å². The van der Waals surface area contributed by atoms with Gasteiger partial charge in [0.15, 0.2) is 5.76 Å². The topological polar surface area (TPSA) is 71.8 Å². The Kier molecular flexibility index (Phi) is 6.74. The molecule has 6 nitrogen and oxygen atoms in total. The number of hydrogen-bond acceptors (Lipinski definition) is 4. The van der Waals surface area contributed by atoms with Crippen LogP contribution in [0.2, 0.25) is 0 Å². The Bertz CT molecular complexity index is 1240. The number of carbonyl (C=O) groups is 2. The maximum atomic E-state index is 13.1. The van der Waals surface area contributed by atoms with Crippen molar-refractivity contribution in [3.8, 4) is 5.75 Å². The number of furan rings is 1. The van der Waals surface area contributed by atoms with Crippen LogP contribution in [0.3, 0.4) is 0 Å². The van der Waals surface area contributed by atoms with Crippen LogP contribution in [0.15, 0.2) is 83.3 Å². The van der Waals surface area contributed by atoms with Crippen molar-refractivity contribution >= 4 is 28.5 Å². The molecule has 4 rings (SSSR count). The van der Waals surface area contributed by atoms with Crippen molar-refractivity contribution in [1.29, 1.82) is 0 Å². The number of nitrogens with zero attached hydrogens (tertiary/aromatic N) is 1. The second-order valence-electron chi connectivity index (χ2n) is 7.52. The number of para-hydroxylation sites is 2. The van der Waals surface area contributed by atoms with Crippen LogP contribution in [0.5, 0.6) is 5.75 Å². The summed E-state index contributed by atoms with van der Waals surface area (Å²) in [6.07, 6.45) is 0. The van der Waals surface area contributed by atoms with Crippen molar-refractivity contribution in [1.82, 2.24) is 4.90 Å². The molecular weight excluding hydrogens is 416 g/mol. The molecule has 0 aliphatic carbocycles. The van der Waals surface area contributed by atoms with E-state index in [2.05, 4.69) is 5.32 Å². The fourth-order valence-corrected chi connectivity index (χ4v) is 3.68. The molecule has 0 radical (unpaired) electrons. The number of anilines is 1. The van der Waals surface area contributed by atoms with Gasteiger partial charge in [-0.25, -0.2) is 0 Å². The molecule has 4 aromatic rings. The minimum atomic E-state index is -0.374. The van der Waals surface area contributed by atoms with Gasteiger partial charge in [0.25, 0.3) is 11.8 Å². The first-order chi connectivity index (χ1) is 16.1. The average molecular weight is 443 g/mol. The third-order valence-electron chi connectivity index (χ3n) is 5.47. The lowest BCUT2D eigenvalue weighted by atomic mass is 10.1. The molecule has 0 fully saturated rings. The summed E-state index contributed by atoms with van der Waals surface area (Å²) >= 11 is 0. The fraction of sp³-hybridized carbons (Fsp3) is 0.185. The predicted octanol–water partition coefficient (Wildman–Crippen LogP) is 5.75. The second-order valence-corrected chi connectivity index (χ2v) is 7.52. The summed E-state index contributed by atoms with van der Waals surface area (Å²) in [6, 6.07) is 23.8. The smallest absolute Gasteiger partial charge is 0.291 e. The van der Waals surface area contributed by atoms with Gasteiger partial charge in [0, 0.05) is 35.3 Å². The van der Waals surface area contributed by atoms with E-state index in [1.165, 1.54) is 0 Å². The Labute approximate surface area is 192 Å². The summed E-state index contributed by atoms with van der Waals surface area (Å²) in [5, 5.41) is 3.70. The molecule has 0 unspecified atom stereocenters. The Morgan fingerprint density at radius 1 is 0.879 bits per heavy atom. The van der Waals surface area contributed by atoms with Gasteiger partial charge in [0.1, 0.15) is 17.9 Å². The molecular formula is C27H26N2O4. The highest BCUT2D eigenvalue weighted by molar-refractivity contribution is 6.06. The number of ether oxygens (including phenoxy) is 1. The zero-order valence-electron chi connectivity index (χ0n) is 18.7. The van der Waals surface area contributed by atoms with E-state index in [4.69, 9.17) is 9.15 Å². The standard InChI is InChI=1S/C27H26N2O4/c1-3-29(4-2)27(31)19-14-16-20(17-15-19)28-26(30)25-23(18-32-21-10-6-5-7-11-21)22-12-8-9-13-24(22)33-25/h5-17H,3-4,18H2,1-2H3,(H,28,30). The summed E-state index contributed by atoms with van der Waals surface area (Å²) in [5.41, 5.74) is 2.46. The summed E-state index contributed by atoms with van der Waals surface area (Å²) < 4.78 is 11.8. The molecule has 0 bridgehead atoms. The van der Waals surface area contributed by atoms with Crippen LogP contribution in [-0.2, 0) is 6.61 Å². The number of nitrogens with one attached hydrogen (secondary N) is 1. The Morgan fingerprint density at radius 2 is 1.55 bits per heavy atom. The lowest BCUT2D eigenvalue weighted by Crippen LogP contribution is -2.30.